The number of halogens is 1. The van der Waals surface area contributed by atoms with Crippen LogP contribution in [0.4, 0.5) is 0 Å². The molecule has 0 bridgehead atoms. The molecule has 4 heteroatoms. The monoisotopic (exact) mass is 408 g/mol. The van der Waals surface area contributed by atoms with E-state index in [2.05, 4.69) is 29.8 Å². The van der Waals surface area contributed by atoms with Crippen LogP contribution in [-0.2, 0) is 9.59 Å². The third-order valence-electron chi connectivity index (χ3n) is 8.67. The van der Waals surface area contributed by atoms with Crippen molar-refractivity contribution < 1.29 is 14.7 Å². The number of Topliss-reactive ketones (excluding diaryl/α,β-unsaturated/α-hetero) is 1. The molecule has 0 saturated heterocycles. The predicted octanol–water partition coefficient (Wildman–Crippen LogP) is 4.21. The summed E-state index contributed by atoms with van der Waals surface area (Å²) in [6.45, 7) is 6.06. The first-order valence-corrected chi connectivity index (χ1v) is 10.7. The van der Waals surface area contributed by atoms with Crippen molar-refractivity contribution in [3.63, 3.8) is 0 Å². The van der Waals surface area contributed by atoms with Crippen molar-refractivity contribution in [2.45, 2.75) is 76.1 Å². The van der Waals surface area contributed by atoms with Crippen molar-refractivity contribution in [2.24, 2.45) is 28.6 Å². The zero-order valence-corrected chi connectivity index (χ0v) is 17.1. The summed E-state index contributed by atoms with van der Waals surface area (Å²) in [5, 5.41) is 11.4. The van der Waals surface area contributed by atoms with Crippen LogP contribution in [0.3, 0.4) is 0 Å². The number of carbonyl (C=O) groups excluding carboxylic acids is 2. The largest absolute Gasteiger partial charge is 0.380 e. The Hall–Kier alpha value is -0.480. The maximum absolute atomic E-state index is 12.4. The molecule has 4 rings (SSSR count). The minimum atomic E-state index is -1.25. The van der Waals surface area contributed by atoms with Crippen molar-refractivity contribution in [1.82, 2.24) is 0 Å². The van der Waals surface area contributed by atoms with Gasteiger partial charge in [0.15, 0.2) is 11.6 Å². The molecule has 0 unspecified atom stereocenters. The lowest BCUT2D eigenvalue weighted by Gasteiger charge is -2.58. The minimum absolute atomic E-state index is 0.0938. The molecule has 0 spiro atoms. The highest BCUT2D eigenvalue weighted by atomic mass is 79.9. The Morgan fingerprint density at radius 3 is 2.60 bits per heavy atom. The fourth-order valence-corrected chi connectivity index (χ4v) is 8.41. The average Bonchev–Trinajstić information content (AvgIpc) is 2.77. The first-order valence-electron chi connectivity index (χ1n) is 9.76. The number of hydrogen-bond donors (Lipinski definition) is 1. The quantitative estimate of drug-likeness (QED) is 0.660. The van der Waals surface area contributed by atoms with E-state index in [0.29, 0.717) is 30.0 Å². The van der Waals surface area contributed by atoms with Gasteiger partial charge in [0.1, 0.15) is 5.60 Å². The fraction of sp³-hybridized carbons (Fsp3) is 0.810. The van der Waals surface area contributed by atoms with Gasteiger partial charge < -0.3 is 5.11 Å². The van der Waals surface area contributed by atoms with E-state index in [0.717, 1.165) is 38.5 Å². The summed E-state index contributed by atoms with van der Waals surface area (Å²) < 4.78 is 0. The first-order chi connectivity index (χ1) is 11.6. The summed E-state index contributed by atoms with van der Waals surface area (Å²) in [6.07, 6.45) is 8.49. The van der Waals surface area contributed by atoms with Crippen molar-refractivity contribution in [2.75, 3.05) is 0 Å². The molecule has 0 amide bonds. The molecule has 1 N–H and O–H groups in total. The summed E-state index contributed by atoms with van der Waals surface area (Å²) in [5.41, 5.74) is -0.0844. The molecule has 0 aromatic heterocycles. The molecule has 3 fully saturated rings. The molecule has 0 heterocycles. The van der Waals surface area contributed by atoms with Crippen LogP contribution in [0.25, 0.3) is 0 Å². The van der Waals surface area contributed by atoms with Crippen LogP contribution in [0.2, 0.25) is 0 Å². The predicted molar refractivity (Wildman–Crippen MR) is 100 cm³/mol. The molecule has 4 aliphatic rings. The van der Waals surface area contributed by atoms with E-state index in [9.17, 15) is 14.7 Å². The summed E-state index contributed by atoms with van der Waals surface area (Å²) in [7, 11) is 0. The van der Waals surface area contributed by atoms with Gasteiger partial charge in [-0.25, -0.2) is 0 Å². The molecule has 25 heavy (non-hydrogen) atoms. The Balaban J connectivity index is 1.72. The van der Waals surface area contributed by atoms with Crippen molar-refractivity contribution >= 4 is 27.5 Å². The van der Waals surface area contributed by atoms with Gasteiger partial charge in [-0.3, -0.25) is 9.59 Å². The molecule has 3 saturated carbocycles. The Morgan fingerprint density at radius 1 is 1.20 bits per heavy atom. The molecular formula is C21H29BrO3. The smallest absolute Gasteiger partial charge is 0.163 e. The summed E-state index contributed by atoms with van der Waals surface area (Å²) in [4.78, 5) is 24.2. The number of rotatable bonds is 1. The molecular weight excluding hydrogens is 380 g/mol. The van der Waals surface area contributed by atoms with E-state index in [4.69, 9.17) is 0 Å². The van der Waals surface area contributed by atoms with Crippen molar-refractivity contribution in [3.8, 4) is 0 Å². The van der Waals surface area contributed by atoms with Crippen LogP contribution in [0.1, 0.15) is 65.7 Å². The normalized spacial score (nSPS) is 52.0. The minimum Gasteiger partial charge on any atom is -0.380 e. The molecule has 138 valence electrons. The van der Waals surface area contributed by atoms with Gasteiger partial charge in [-0.05, 0) is 74.7 Å². The summed E-state index contributed by atoms with van der Waals surface area (Å²) in [5.74, 6) is 1.69. The maximum Gasteiger partial charge on any atom is 0.163 e. The molecule has 0 radical (unpaired) electrons. The van der Waals surface area contributed by atoms with Gasteiger partial charge in [0.25, 0.3) is 0 Å². The van der Waals surface area contributed by atoms with E-state index in [1.54, 1.807) is 6.92 Å². The number of alkyl halides is 1. The topological polar surface area (TPSA) is 54.4 Å². The van der Waals surface area contributed by atoms with Gasteiger partial charge in [0.05, 0.1) is 4.83 Å². The number of allylic oxidation sites excluding steroid dienone is 1. The van der Waals surface area contributed by atoms with Gasteiger partial charge in [-0.15, -0.1) is 0 Å². The standard InChI is InChI=1S/C21H29BrO3/c1-12(23)21(25)18(22)11-17-15-5-4-13-10-14(24)6-8-19(13,2)16(15)7-9-20(17,21)3/h10,15-18,25H,4-9,11H2,1-3H3/t15-,16-,17+,18+,19-,20-,21+/m0/s1. The third-order valence-corrected chi connectivity index (χ3v) is 9.71. The van der Waals surface area contributed by atoms with Crippen LogP contribution in [0.5, 0.6) is 0 Å². The lowest BCUT2D eigenvalue weighted by molar-refractivity contribution is -0.159. The Labute approximate surface area is 158 Å². The summed E-state index contributed by atoms with van der Waals surface area (Å²) in [6, 6.07) is 0. The van der Waals surface area contributed by atoms with E-state index in [1.807, 2.05) is 6.08 Å². The van der Waals surface area contributed by atoms with E-state index in [-0.39, 0.29) is 21.4 Å². The second-order valence-corrected chi connectivity index (χ2v) is 10.6. The van der Waals surface area contributed by atoms with Gasteiger partial charge in [-0.2, -0.15) is 0 Å². The number of aliphatic hydroxyl groups is 1. The SMILES string of the molecule is CC(=O)[C@@]1(O)[C@H](Br)C[C@@H]2[C@H]3CCC4=CC(=O)CC[C@]4(C)[C@H]3CC[C@@]21C. The molecule has 7 atom stereocenters. The van der Waals surface area contributed by atoms with Crippen LogP contribution in [0.15, 0.2) is 11.6 Å². The van der Waals surface area contributed by atoms with Gasteiger partial charge in [-0.1, -0.05) is 35.4 Å². The maximum atomic E-state index is 12.4. The molecule has 4 aliphatic carbocycles. The van der Waals surface area contributed by atoms with E-state index >= 15 is 0 Å². The van der Waals surface area contributed by atoms with Gasteiger partial charge >= 0.3 is 0 Å². The van der Waals surface area contributed by atoms with Crippen LogP contribution >= 0.6 is 15.9 Å². The lowest BCUT2D eigenvalue weighted by Crippen LogP contribution is -2.59. The second-order valence-electron chi connectivity index (χ2n) is 9.45. The number of ketones is 2. The zero-order chi connectivity index (χ0) is 18.2. The van der Waals surface area contributed by atoms with Crippen LogP contribution in [0, 0.1) is 28.6 Å². The molecule has 0 aromatic carbocycles. The highest BCUT2D eigenvalue weighted by Crippen LogP contribution is 2.68. The highest BCUT2D eigenvalue weighted by molar-refractivity contribution is 9.09. The molecule has 0 aromatic rings. The van der Waals surface area contributed by atoms with Gasteiger partial charge in [0, 0.05) is 11.8 Å². The Kier molecular flexibility index (Phi) is 3.95. The first kappa shape index (κ1) is 17.9. The van der Waals surface area contributed by atoms with Crippen LogP contribution in [-0.4, -0.2) is 27.1 Å². The average molecular weight is 409 g/mol. The van der Waals surface area contributed by atoms with Crippen molar-refractivity contribution in [1.29, 1.82) is 0 Å². The highest BCUT2D eigenvalue weighted by Gasteiger charge is 2.68. The van der Waals surface area contributed by atoms with Crippen LogP contribution < -0.4 is 0 Å². The zero-order valence-electron chi connectivity index (χ0n) is 15.5. The fourth-order valence-electron chi connectivity index (χ4n) is 7.16. The Morgan fingerprint density at radius 2 is 1.92 bits per heavy atom. The molecule has 3 nitrogen and oxygen atoms in total. The van der Waals surface area contributed by atoms with E-state index < -0.39 is 5.60 Å². The van der Waals surface area contributed by atoms with Gasteiger partial charge in [0.2, 0.25) is 0 Å². The van der Waals surface area contributed by atoms with Crippen molar-refractivity contribution in [3.05, 3.63) is 11.6 Å². The number of hydrogen-bond acceptors (Lipinski definition) is 3. The third kappa shape index (κ3) is 2.13. The second kappa shape index (κ2) is 5.51. The number of fused-ring (bicyclic) bond motifs is 5. The molecule has 0 aliphatic heterocycles. The summed E-state index contributed by atoms with van der Waals surface area (Å²) >= 11 is 3.67. The Bertz CT molecular complexity index is 670. The lowest BCUT2D eigenvalue weighted by atomic mass is 9.46. The van der Waals surface area contributed by atoms with E-state index in [1.165, 1.54) is 5.57 Å². The number of carbonyl (C=O) groups is 2.